The second-order valence-corrected chi connectivity index (χ2v) is 7.41. The van der Waals surface area contributed by atoms with Gasteiger partial charge in [0, 0.05) is 17.5 Å². The highest BCUT2D eigenvalue weighted by molar-refractivity contribution is 8.00. The standard InChI is InChI=1S/C19H20F2N2OS.ClH/c20-15-9-8-14(10-16(15)21)25-18(13-4-2-1-3-5-13)19(24)23-11-17(22)12-6-7-12;/h1-5,8-10,12,17-18H,6-7,11,22H2,(H,23,24);1H. The van der Waals surface area contributed by atoms with Crippen molar-refractivity contribution in [3.8, 4) is 0 Å². The van der Waals surface area contributed by atoms with Crippen molar-refractivity contribution < 1.29 is 13.6 Å². The van der Waals surface area contributed by atoms with Gasteiger partial charge in [0.1, 0.15) is 5.25 Å². The molecule has 1 saturated carbocycles. The number of nitrogens with two attached hydrogens (primary N) is 1. The Bertz CT molecular complexity index is 744. The number of hydrogen-bond donors (Lipinski definition) is 2. The second-order valence-electron chi connectivity index (χ2n) is 6.23. The molecule has 1 fully saturated rings. The molecule has 3 N–H and O–H groups in total. The SMILES string of the molecule is Cl.NC(CNC(=O)C(Sc1ccc(F)c(F)c1)c1ccccc1)C1CC1. The highest BCUT2D eigenvalue weighted by Gasteiger charge is 2.29. The van der Waals surface area contributed by atoms with Crippen LogP contribution in [0.4, 0.5) is 8.78 Å². The Morgan fingerprint density at radius 3 is 2.46 bits per heavy atom. The van der Waals surface area contributed by atoms with E-state index in [2.05, 4.69) is 5.32 Å². The second kappa shape index (κ2) is 9.35. The van der Waals surface area contributed by atoms with Crippen LogP contribution in [0, 0.1) is 17.6 Å². The van der Waals surface area contributed by atoms with Crippen molar-refractivity contribution in [2.24, 2.45) is 11.7 Å². The van der Waals surface area contributed by atoms with Crippen LogP contribution in [-0.2, 0) is 4.79 Å². The number of thioether (sulfide) groups is 1. The summed E-state index contributed by atoms with van der Waals surface area (Å²) in [6.45, 7) is 0.422. The third-order valence-electron chi connectivity index (χ3n) is 4.22. The Labute approximate surface area is 162 Å². The summed E-state index contributed by atoms with van der Waals surface area (Å²) in [4.78, 5) is 13.2. The van der Waals surface area contributed by atoms with Crippen LogP contribution in [0.5, 0.6) is 0 Å². The summed E-state index contributed by atoms with van der Waals surface area (Å²) >= 11 is 1.19. The van der Waals surface area contributed by atoms with E-state index in [9.17, 15) is 13.6 Å². The van der Waals surface area contributed by atoms with Gasteiger partial charge in [-0.2, -0.15) is 0 Å². The van der Waals surface area contributed by atoms with Gasteiger partial charge in [-0.3, -0.25) is 4.79 Å². The van der Waals surface area contributed by atoms with Gasteiger partial charge in [-0.25, -0.2) is 8.78 Å². The zero-order valence-electron chi connectivity index (χ0n) is 14.0. The van der Waals surface area contributed by atoms with Crippen molar-refractivity contribution >= 4 is 30.1 Å². The van der Waals surface area contributed by atoms with Crippen molar-refractivity contribution in [3.63, 3.8) is 0 Å². The molecule has 7 heteroatoms. The van der Waals surface area contributed by atoms with Crippen molar-refractivity contribution in [3.05, 3.63) is 65.7 Å². The lowest BCUT2D eigenvalue weighted by Crippen LogP contribution is -2.40. The summed E-state index contributed by atoms with van der Waals surface area (Å²) in [5.41, 5.74) is 6.84. The lowest BCUT2D eigenvalue weighted by molar-refractivity contribution is -0.120. The Morgan fingerprint density at radius 1 is 1.15 bits per heavy atom. The molecule has 3 rings (SSSR count). The van der Waals surface area contributed by atoms with Crippen LogP contribution in [0.15, 0.2) is 53.4 Å². The summed E-state index contributed by atoms with van der Waals surface area (Å²) in [6.07, 6.45) is 2.23. The number of benzene rings is 2. The molecule has 0 bridgehead atoms. The molecule has 140 valence electrons. The molecule has 3 nitrogen and oxygen atoms in total. The third-order valence-corrected chi connectivity index (χ3v) is 5.47. The topological polar surface area (TPSA) is 55.1 Å². The first kappa shape index (κ1) is 20.7. The first-order chi connectivity index (χ1) is 12.0. The molecule has 2 aromatic rings. The van der Waals surface area contributed by atoms with Gasteiger partial charge in [-0.1, -0.05) is 30.3 Å². The van der Waals surface area contributed by atoms with Gasteiger partial charge in [0.15, 0.2) is 11.6 Å². The summed E-state index contributed by atoms with van der Waals surface area (Å²) < 4.78 is 26.6. The van der Waals surface area contributed by atoms with Crippen molar-refractivity contribution in [2.45, 2.75) is 29.0 Å². The van der Waals surface area contributed by atoms with Gasteiger partial charge in [0.25, 0.3) is 0 Å². The number of rotatable bonds is 7. The van der Waals surface area contributed by atoms with Crippen LogP contribution in [0.2, 0.25) is 0 Å². The molecule has 0 saturated heterocycles. The van der Waals surface area contributed by atoms with E-state index in [-0.39, 0.29) is 24.4 Å². The number of carbonyl (C=O) groups is 1. The summed E-state index contributed by atoms with van der Waals surface area (Å²) in [6, 6.07) is 12.9. The molecule has 1 amide bonds. The highest BCUT2D eigenvalue weighted by atomic mass is 35.5. The van der Waals surface area contributed by atoms with Gasteiger partial charge < -0.3 is 11.1 Å². The zero-order chi connectivity index (χ0) is 17.8. The molecule has 2 atom stereocenters. The maximum absolute atomic E-state index is 13.5. The number of halogens is 3. The van der Waals surface area contributed by atoms with E-state index < -0.39 is 16.9 Å². The number of amides is 1. The minimum Gasteiger partial charge on any atom is -0.353 e. The minimum absolute atomic E-state index is 0. The van der Waals surface area contributed by atoms with Crippen LogP contribution < -0.4 is 11.1 Å². The van der Waals surface area contributed by atoms with Crippen molar-refractivity contribution in [1.29, 1.82) is 0 Å². The van der Waals surface area contributed by atoms with Gasteiger partial charge in [0.2, 0.25) is 5.91 Å². The Hall–Kier alpha value is -1.63. The van der Waals surface area contributed by atoms with Gasteiger partial charge >= 0.3 is 0 Å². The molecule has 26 heavy (non-hydrogen) atoms. The number of carbonyl (C=O) groups excluding carboxylic acids is 1. The fraction of sp³-hybridized carbons (Fsp3) is 0.316. The predicted octanol–water partition coefficient (Wildman–Crippen LogP) is 4.07. The lowest BCUT2D eigenvalue weighted by atomic mass is 10.1. The Balaban J connectivity index is 0.00000243. The molecule has 2 unspecified atom stereocenters. The molecular weight excluding hydrogens is 378 g/mol. The quantitative estimate of drug-likeness (QED) is 0.691. The minimum atomic E-state index is -0.923. The summed E-state index contributed by atoms with van der Waals surface area (Å²) in [5.74, 6) is -1.51. The van der Waals surface area contributed by atoms with Crippen LogP contribution in [-0.4, -0.2) is 18.5 Å². The summed E-state index contributed by atoms with van der Waals surface area (Å²) in [5, 5.41) is 2.34. The molecule has 1 aliphatic rings. The van der Waals surface area contributed by atoms with Crippen LogP contribution in [0.3, 0.4) is 0 Å². The zero-order valence-corrected chi connectivity index (χ0v) is 15.7. The molecule has 0 radical (unpaired) electrons. The van der Waals surface area contributed by atoms with Crippen LogP contribution in [0.1, 0.15) is 23.7 Å². The third kappa shape index (κ3) is 5.43. The maximum Gasteiger partial charge on any atom is 0.238 e. The average molecular weight is 399 g/mol. The van der Waals surface area contributed by atoms with Crippen LogP contribution in [0.25, 0.3) is 0 Å². The monoisotopic (exact) mass is 398 g/mol. The van der Waals surface area contributed by atoms with Crippen molar-refractivity contribution in [2.75, 3.05) is 6.54 Å². The fourth-order valence-corrected chi connectivity index (χ4v) is 3.66. The Kier molecular flexibility index (Phi) is 7.43. The normalized spacial score (nSPS) is 15.7. The predicted molar refractivity (Wildman–Crippen MR) is 102 cm³/mol. The first-order valence-corrected chi connectivity index (χ1v) is 9.12. The van der Waals surface area contributed by atoms with Crippen molar-refractivity contribution in [1.82, 2.24) is 5.32 Å². The smallest absolute Gasteiger partial charge is 0.238 e. The van der Waals surface area contributed by atoms with E-state index in [1.807, 2.05) is 30.3 Å². The maximum atomic E-state index is 13.5. The fourth-order valence-electron chi connectivity index (χ4n) is 2.59. The number of hydrogen-bond acceptors (Lipinski definition) is 3. The molecule has 0 aromatic heterocycles. The summed E-state index contributed by atoms with van der Waals surface area (Å²) in [7, 11) is 0. The van der Waals surface area contributed by atoms with E-state index in [0.29, 0.717) is 17.4 Å². The molecule has 2 aromatic carbocycles. The molecule has 1 aliphatic carbocycles. The van der Waals surface area contributed by atoms with E-state index >= 15 is 0 Å². The largest absolute Gasteiger partial charge is 0.353 e. The Morgan fingerprint density at radius 2 is 1.85 bits per heavy atom. The number of nitrogens with one attached hydrogen (secondary N) is 1. The van der Waals surface area contributed by atoms with Gasteiger partial charge in [-0.05, 0) is 42.5 Å². The van der Waals surface area contributed by atoms with E-state index in [1.54, 1.807) is 0 Å². The van der Waals surface area contributed by atoms with Crippen LogP contribution >= 0.6 is 24.2 Å². The molecule has 0 spiro atoms. The molecule has 0 heterocycles. The van der Waals surface area contributed by atoms with E-state index in [1.165, 1.54) is 17.8 Å². The molecule has 0 aliphatic heterocycles. The van der Waals surface area contributed by atoms with E-state index in [0.717, 1.165) is 30.5 Å². The lowest BCUT2D eigenvalue weighted by Gasteiger charge is -2.19. The molecular formula is C19H21ClF2N2OS. The first-order valence-electron chi connectivity index (χ1n) is 8.24. The highest BCUT2D eigenvalue weighted by Crippen LogP contribution is 2.36. The van der Waals surface area contributed by atoms with Gasteiger partial charge in [0.05, 0.1) is 0 Å². The van der Waals surface area contributed by atoms with Gasteiger partial charge in [-0.15, -0.1) is 24.2 Å². The van der Waals surface area contributed by atoms with E-state index in [4.69, 9.17) is 5.73 Å². The average Bonchev–Trinajstić information content (AvgIpc) is 3.46.